The summed E-state index contributed by atoms with van der Waals surface area (Å²) in [5.41, 5.74) is 9.21. The van der Waals surface area contributed by atoms with E-state index in [4.69, 9.17) is 31.8 Å². The molecule has 0 aliphatic heterocycles. The van der Waals surface area contributed by atoms with Crippen LogP contribution in [0.2, 0.25) is 5.02 Å². The highest BCUT2D eigenvalue weighted by Gasteiger charge is 2.26. The minimum Gasteiger partial charge on any atom is -0.486 e. The molecule has 0 aliphatic carbocycles. The maximum Gasteiger partial charge on any atom is 0.360 e. The summed E-state index contributed by atoms with van der Waals surface area (Å²) < 4.78 is 12.5. The highest BCUT2D eigenvalue weighted by molar-refractivity contribution is 6.30. The highest BCUT2D eigenvalue weighted by Crippen LogP contribution is 2.35. The Bertz CT molecular complexity index is 1500. The number of hydrogen-bond acceptors (Lipinski definition) is 7. The van der Waals surface area contributed by atoms with Crippen LogP contribution in [0.25, 0.3) is 27.8 Å². The van der Waals surface area contributed by atoms with Crippen molar-refractivity contribution < 1.29 is 14.3 Å². The normalized spacial score (nSPS) is 11.1. The van der Waals surface area contributed by atoms with Gasteiger partial charge in [0.25, 0.3) is 0 Å². The number of nitrogens with zero attached hydrogens (tertiary/aromatic N) is 4. The molecule has 0 fully saturated rings. The summed E-state index contributed by atoms with van der Waals surface area (Å²) in [6.45, 7) is 0.228. The lowest BCUT2D eigenvalue weighted by Crippen LogP contribution is -2.14. The highest BCUT2D eigenvalue weighted by atomic mass is 35.5. The number of halogens is 1. The number of benzene rings is 2. The molecule has 5 rings (SSSR count). The Balaban J connectivity index is 1.76. The smallest absolute Gasteiger partial charge is 0.360 e. The van der Waals surface area contributed by atoms with Crippen molar-refractivity contribution in [1.82, 2.24) is 19.6 Å². The van der Waals surface area contributed by atoms with Crippen LogP contribution in [-0.2, 0) is 11.3 Å². The molecule has 9 heteroatoms. The molecule has 0 radical (unpaired) electrons. The number of carbonyl (C=O) groups is 1. The molecule has 164 valence electrons. The molecule has 2 aromatic carbocycles. The number of ether oxygens (including phenoxy) is 2. The molecular weight excluding hydrogens is 442 g/mol. The lowest BCUT2D eigenvalue weighted by atomic mass is 10.1. The van der Waals surface area contributed by atoms with Gasteiger partial charge in [0.1, 0.15) is 12.1 Å². The number of pyridine rings is 2. The SMILES string of the molecule is COC(=O)c1c(OCc2ccccc2)c2ccc(-c3cccc(Cl)c3)nc2c2nc(N)nn12. The maximum absolute atomic E-state index is 12.8. The second kappa shape index (κ2) is 8.40. The van der Waals surface area contributed by atoms with E-state index in [0.29, 0.717) is 27.3 Å². The first-order valence-corrected chi connectivity index (χ1v) is 10.4. The van der Waals surface area contributed by atoms with E-state index in [-0.39, 0.29) is 24.0 Å². The van der Waals surface area contributed by atoms with Crippen molar-refractivity contribution in [2.45, 2.75) is 6.61 Å². The van der Waals surface area contributed by atoms with Crippen LogP contribution >= 0.6 is 11.6 Å². The number of hydrogen-bond donors (Lipinski definition) is 1. The minimum absolute atomic E-state index is 0.00313. The Morgan fingerprint density at radius 1 is 1.06 bits per heavy atom. The van der Waals surface area contributed by atoms with Crippen molar-refractivity contribution in [3.8, 4) is 17.0 Å². The van der Waals surface area contributed by atoms with E-state index in [1.165, 1.54) is 11.6 Å². The first kappa shape index (κ1) is 20.7. The average molecular weight is 460 g/mol. The van der Waals surface area contributed by atoms with Gasteiger partial charge in [0, 0.05) is 16.0 Å². The zero-order valence-electron chi connectivity index (χ0n) is 17.5. The van der Waals surface area contributed by atoms with Crippen LogP contribution < -0.4 is 10.5 Å². The molecule has 3 aromatic heterocycles. The van der Waals surface area contributed by atoms with Crippen molar-refractivity contribution >= 4 is 40.1 Å². The van der Waals surface area contributed by atoms with Gasteiger partial charge in [-0.25, -0.2) is 9.78 Å². The van der Waals surface area contributed by atoms with Gasteiger partial charge in [-0.05, 0) is 29.8 Å². The van der Waals surface area contributed by atoms with Crippen LogP contribution in [0.3, 0.4) is 0 Å². The second-order valence-electron chi connectivity index (χ2n) is 7.25. The van der Waals surface area contributed by atoms with Crippen molar-refractivity contribution in [2.75, 3.05) is 12.8 Å². The second-order valence-corrected chi connectivity index (χ2v) is 7.69. The molecule has 0 aliphatic rings. The Kier molecular flexibility index (Phi) is 5.27. The molecule has 3 heterocycles. The van der Waals surface area contributed by atoms with Crippen molar-refractivity contribution in [1.29, 1.82) is 0 Å². The van der Waals surface area contributed by atoms with Crippen LogP contribution in [0.4, 0.5) is 5.95 Å². The van der Waals surface area contributed by atoms with E-state index in [2.05, 4.69) is 10.1 Å². The summed E-state index contributed by atoms with van der Waals surface area (Å²) in [4.78, 5) is 21.9. The molecule has 33 heavy (non-hydrogen) atoms. The Labute approximate surface area is 193 Å². The number of esters is 1. The molecule has 0 unspecified atom stereocenters. The predicted octanol–water partition coefficient (Wildman–Crippen LogP) is 4.55. The maximum atomic E-state index is 12.8. The molecular formula is C24H18ClN5O3. The lowest BCUT2D eigenvalue weighted by molar-refractivity contribution is 0.0585. The van der Waals surface area contributed by atoms with Gasteiger partial charge in [0.2, 0.25) is 5.95 Å². The van der Waals surface area contributed by atoms with Crippen molar-refractivity contribution in [3.63, 3.8) is 0 Å². The van der Waals surface area contributed by atoms with Gasteiger partial charge in [0.05, 0.1) is 12.8 Å². The molecule has 0 saturated heterocycles. The first-order chi connectivity index (χ1) is 16.0. The third kappa shape index (κ3) is 3.81. The topological polar surface area (TPSA) is 105 Å². The standard InChI is InChI=1S/C24H18ClN5O3/c1-32-23(31)20-21(33-13-14-6-3-2-4-7-14)17-10-11-18(15-8-5-9-16(25)12-15)27-19(17)22-28-24(26)29-30(20)22/h2-12H,13H2,1H3,(H2,26,29). The molecule has 8 nitrogen and oxygen atoms in total. The number of nitrogen functional groups attached to an aromatic ring is 1. The zero-order chi connectivity index (χ0) is 22.9. The first-order valence-electron chi connectivity index (χ1n) is 10.0. The van der Waals surface area contributed by atoms with Gasteiger partial charge in [-0.15, -0.1) is 5.10 Å². The van der Waals surface area contributed by atoms with Gasteiger partial charge < -0.3 is 15.2 Å². The number of nitrogens with two attached hydrogens (primary N) is 1. The summed E-state index contributed by atoms with van der Waals surface area (Å²) in [5.74, 6) is -0.353. The van der Waals surface area contributed by atoms with Gasteiger partial charge >= 0.3 is 5.97 Å². The van der Waals surface area contributed by atoms with E-state index < -0.39 is 5.97 Å². The van der Waals surface area contributed by atoms with E-state index in [9.17, 15) is 4.79 Å². The Hall–Kier alpha value is -4.17. The van der Waals surface area contributed by atoms with Crippen LogP contribution in [-0.4, -0.2) is 32.7 Å². The zero-order valence-corrected chi connectivity index (χ0v) is 18.3. The number of carbonyl (C=O) groups excluding carboxylic acids is 1. The lowest BCUT2D eigenvalue weighted by Gasteiger charge is -2.15. The van der Waals surface area contributed by atoms with E-state index in [0.717, 1.165) is 11.1 Å². The Morgan fingerprint density at radius 3 is 2.64 bits per heavy atom. The van der Waals surface area contributed by atoms with Crippen LogP contribution in [0.5, 0.6) is 5.75 Å². The molecule has 0 amide bonds. The van der Waals surface area contributed by atoms with E-state index >= 15 is 0 Å². The van der Waals surface area contributed by atoms with Crippen molar-refractivity contribution in [3.05, 3.63) is 83.0 Å². The van der Waals surface area contributed by atoms with Crippen LogP contribution in [0, 0.1) is 0 Å². The predicted molar refractivity (Wildman–Crippen MR) is 125 cm³/mol. The minimum atomic E-state index is -0.631. The number of aromatic nitrogens is 4. The summed E-state index contributed by atoms with van der Waals surface area (Å²) >= 11 is 6.17. The van der Waals surface area contributed by atoms with Gasteiger partial charge in [0.15, 0.2) is 17.1 Å². The number of anilines is 1. The largest absolute Gasteiger partial charge is 0.486 e. The number of rotatable bonds is 5. The third-order valence-corrected chi connectivity index (χ3v) is 5.36. The fourth-order valence-corrected chi connectivity index (χ4v) is 3.82. The molecule has 2 N–H and O–H groups in total. The van der Waals surface area contributed by atoms with Gasteiger partial charge in [-0.3, -0.25) is 0 Å². The average Bonchev–Trinajstić information content (AvgIpc) is 3.23. The summed E-state index contributed by atoms with van der Waals surface area (Å²) in [6.07, 6.45) is 0. The molecule has 0 bridgehead atoms. The van der Waals surface area contributed by atoms with Gasteiger partial charge in [-0.2, -0.15) is 9.50 Å². The van der Waals surface area contributed by atoms with E-state index in [1.54, 1.807) is 6.07 Å². The van der Waals surface area contributed by atoms with Gasteiger partial charge in [-0.1, -0.05) is 54.1 Å². The van der Waals surface area contributed by atoms with E-state index in [1.807, 2.05) is 60.7 Å². The molecule has 0 atom stereocenters. The van der Waals surface area contributed by atoms with Crippen LogP contribution in [0.1, 0.15) is 16.1 Å². The fourth-order valence-electron chi connectivity index (χ4n) is 3.63. The quantitative estimate of drug-likeness (QED) is 0.384. The molecule has 0 spiro atoms. The number of fused-ring (bicyclic) bond motifs is 3. The summed E-state index contributed by atoms with van der Waals surface area (Å²) in [5, 5.41) is 5.38. The third-order valence-electron chi connectivity index (χ3n) is 5.13. The molecule has 0 saturated carbocycles. The Morgan fingerprint density at radius 2 is 1.88 bits per heavy atom. The molecule has 5 aromatic rings. The number of methoxy groups -OCH3 is 1. The monoisotopic (exact) mass is 459 g/mol. The fraction of sp³-hybridized carbons (Fsp3) is 0.0833. The van der Waals surface area contributed by atoms with Crippen LogP contribution in [0.15, 0.2) is 66.7 Å². The summed E-state index contributed by atoms with van der Waals surface area (Å²) in [7, 11) is 1.29. The summed E-state index contributed by atoms with van der Waals surface area (Å²) in [6, 6.07) is 20.6. The van der Waals surface area contributed by atoms with Crippen molar-refractivity contribution in [2.24, 2.45) is 0 Å².